The van der Waals surface area contributed by atoms with Crippen LogP contribution in [0.3, 0.4) is 0 Å². The normalized spacial score (nSPS) is 15.7. The molecule has 0 radical (unpaired) electrons. The first-order valence-electron chi connectivity index (χ1n) is 12.1. The van der Waals surface area contributed by atoms with E-state index < -0.39 is 17.2 Å². The summed E-state index contributed by atoms with van der Waals surface area (Å²) in [7, 11) is 0. The number of hydrogen-bond donors (Lipinski definition) is 1. The van der Waals surface area contributed by atoms with E-state index in [4.69, 9.17) is 9.47 Å². The van der Waals surface area contributed by atoms with E-state index in [1.165, 1.54) is 6.07 Å². The number of nitrogens with zero attached hydrogens (tertiary/aromatic N) is 3. The summed E-state index contributed by atoms with van der Waals surface area (Å²) in [4.78, 5) is 15.0. The van der Waals surface area contributed by atoms with Crippen LogP contribution in [0.2, 0.25) is 0 Å². The number of amides is 2. The van der Waals surface area contributed by atoms with Gasteiger partial charge in [0, 0.05) is 24.8 Å². The van der Waals surface area contributed by atoms with Gasteiger partial charge >= 0.3 is 6.03 Å². The van der Waals surface area contributed by atoms with Gasteiger partial charge in [0.2, 0.25) is 5.88 Å². The van der Waals surface area contributed by atoms with E-state index >= 15 is 0 Å². The van der Waals surface area contributed by atoms with Crippen molar-refractivity contribution in [3.8, 4) is 17.3 Å². The molecule has 192 valence electrons. The largest absolute Gasteiger partial charge is 0.435 e. The Morgan fingerprint density at radius 2 is 1.97 bits per heavy atom. The zero-order valence-corrected chi connectivity index (χ0v) is 21.1. The minimum atomic E-state index is -0.832. The van der Waals surface area contributed by atoms with E-state index in [9.17, 15) is 13.6 Å². The molecule has 1 N–H and O–H groups in total. The molecule has 2 heterocycles. The van der Waals surface area contributed by atoms with Gasteiger partial charge in [-0.15, -0.1) is 0 Å². The Morgan fingerprint density at radius 1 is 1.22 bits per heavy atom. The molecule has 1 fully saturated rings. The lowest BCUT2D eigenvalue weighted by Gasteiger charge is -2.30. The average molecular weight is 499 g/mol. The number of carbonyl (C=O) groups excluding carboxylic acids is 1. The smallest absolute Gasteiger partial charge is 0.318 e. The van der Waals surface area contributed by atoms with Crippen LogP contribution in [0.15, 0.2) is 48.5 Å². The highest BCUT2D eigenvalue weighted by Gasteiger charge is 2.29. The molecule has 0 aliphatic carbocycles. The van der Waals surface area contributed by atoms with Crippen LogP contribution in [0.4, 0.5) is 13.6 Å². The lowest BCUT2D eigenvalue weighted by Crippen LogP contribution is -2.50. The lowest BCUT2D eigenvalue weighted by molar-refractivity contribution is 0.0779. The van der Waals surface area contributed by atoms with Crippen molar-refractivity contribution in [2.24, 2.45) is 0 Å². The van der Waals surface area contributed by atoms with Crippen LogP contribution in [-0.2, 0) is 11.3 Å². The third-order valence-electron chi connectivity index (χ3n) is 5.80. The van der Waals surface area contributed by atoms with Crippen molar-refractivity contribution in [1.82, 2.24) is 20.0 Å². The van der Waals surface area contributed by atoms with E-state index in [0.29, 0.717) is 30.1 Å². The van der Waals surface area contributed by atoms with Gasteiger partial charge in [0.25, 0.3) is 0 Å². The molecule has 0 bridgehead atoms. The van der Waals surface area contributed by atoms with Gasteiger partial charge < -0.3 is 19.7 Å². The number of ether oxygens (including phenoxy) is 2. The van der Waals surface area contributed by atoms with Gasteiger partial charge in [-0.3, -0.25) is 0 Å². The fraction of sp³-hybridized carbons (Fsp3) is 0.407. The molecule has 1 aliphatic rings. The molecule has 0 spiro atoms. The van der Waals surface area contributed by atoms with E-state index in [1.807, 2.05) is 58.0 Å². The molecule has 3 aromatic rings. The van der Waals surface area contributed by atoms with Crippen molar-refractivity contribution < 1.29 is 23.0 Å². The number of aryl methyl sites for hydroxylation is 1. The number of urea groups is 1. The molecular weight excluding hydrogens is 466 g/mol. The minimum absolute atomic E-state index is 0.0703. The second-order valence-corrected chi connectivity index (χ2v) is 9.99. The summed E-state index contributed by atoms with van der Waals surface area (Å²) in [6.45, 7) is 8.79. The molecule has 0 saturated carbocycles. The summed E-state index contributed by atoms with van der Waals surface area (Å²) in [5.74, 6) is -1.42. The van der Waals surface area contributed by atoms with Gasteiger partial charge in [0.1, 0.15) is 5.82 Å². The molecule has 1 aromatic heterocycles. The highest BCUT2D eigenvalue weighted by Crippen LogP contribution is 2.33. The fourth-order valence-electron chi connectivity index (χ4n) is 4.08. The van der Waals surface area contributed by atoms with Crippen molar-refractivity contribution >= 4 is 6.03 Å². The Bertz CT molecular complexity index is 1200. The molecule has 1 saturated heterocycles. The van der Waals surface area contributed by atoms with Crippen LogP contribution >= 0.6 is 0 Å². The maximum Gasteiger partial charge on any atom is 0.318 e. The lowest BCUT2D eigenvalue weighted by atomic mass is 10.1. The maximum atomic E-state index is 14.6. The van der Waals surface area contributed by atoms with Crippen LogP contribution in [0.25, 0.3) is 5.69 Å². The highest BCUT2D eigenvalue weighted by molar-refractivity contribution is 5.75. The highest BCUT2D eigenvalue weighted by atomic mass is 19.1. The molecule has 1 aliphatic heterocycles. The van der Waals surface area contributed by atoms with Crippen molar-refractivity contribution in [2.75, 3.05) is 13.2 Å². The van der Waals surface area contributed by atoms with Gasteiger partial charge in [-0.05, 0) is 64.8 Å². The summed E-state index contributed by atoms with van der Waals surface area (Å²) >= 11 is 0. The molecular formula is C27H32F2N4O3. The Kier molecular flexibility index (Phi) is 7.59. The number of benzene rings is 2. The molecule has 1 atom stereocenters. The second-order valence-electron chi connectivity index (χ2n) is 9.99. The molecule has 36 heavy (non-hydrogen) atoms. The number of hydrogen-bond acceptors (Lipinski definition) is 4. The van der Waals surface area contributed by atoms with Crippen LogP contribution in [0.1, 0.15) is 44.9 Å². The fourth-order valence-corrected chi connectivity index (χ4v) is 4.08. The number of aromatic nitrogens is 2. The standard InChI is InChI=1S/C27H32F2N4O3/c1-18-22(17-32(16-21-11-8-14-35-21)26(34)30-27(2,3)4)25(33(31-18)20-9-6-5-7-10-20)36-24-13-12-19(28)15-23(24)29/h5-7,9-10,12-13,15,21H,8,11,14,16-17H2,1-4H3,(H,30,34)/t21-/m1/s1. The number of carbonyl (C=O) groups is 1. The van der Waals surface area contributed by atoms with Gasteiger partial charge in [0.15, 0.2) is 11.6 Å². The van der Waals surface area contributed by atoms with Crippen molar-refractivity contribution in [3.63, 3.8) is 0 Å². The second kappa shape index (κ2) is 10.7. The topological polar surface area (TPSA) is 68.6 Å². The summed E-state index contributed by atoms with van der Waals surface area (Å²) < 4.78 is 41.5. The summed E-state index contributed by atoms with van der Waals surface area (Å²) in [5, 5.41) is 7.67. The quantitative estimate of drug-likeness (QED) is 0.451. The van der Waals surface area contributed by atoms with Crippen molar-refractivity contribution in [1.29, 1.82) is 0 Å². The number of rotatable bonds is 7. The number of para-hydroxylation sites is 1. The maximum absolute atomic E-state index is 14.6. The van der Waals surface area contributed by atoms with Crippen LogP contribution in [0.5, 0.6) is 11.6 Å². The van der Waals surface area contributed by atoms with Gasteiger partial charge in [-0.1, -0.05) is 18.2 Å². The number of halogens is 2. The summed E-state index contributed by atoms with van der Waals surface area (Å²) in [6, 6.07) is 12.2. The Morgan fingerprint density at radius 3 is 2.61 bits per heavy atom. The predicted octanol–water partition coefficient (Wildman–Crippen LogP) is 5.74. The third kappa shape index (κ3) is 6.20. The molecule has 4 rings (SSSR count). The van der Waals surface area contributed by atoms with E-state index in [0.717, 1.165) is 25.0 Å². The van der Waals surface area contributed by atoms with Gasteiger partial charge in [-0.2, -0.15) is 5.10 Å². The van der Waals surface area contributed by atoms with E-state index in [1.54, 1.807) is 9.58 Å². The molecule has 9 heteroatoms. The molecule has 2 aromatic carbocycles. The SMILES string of the molecule is Cc1nn(-c2ccccc2)c(Oc2ccc(F)cc2F)c1CN(C[C@H]1CCCO1)C(=O)NC(C)(C)C. The molecule has 0 unspecified atom stereocenters. The Hall–Kier alpha value is -3.46. The molecule has 2 amide bonds. The Balaban J connectivity index is 1.74. The molecule has 7 nitrogen and oxygen atoms in total. The van der Waals surface area contributed by atoms with Crippen LogP contribution in [-0.4, -0.2) is 45.5 Å². The zero-order chi connectivity index (χ0) is 25.9. The first-order chi connectivity index (χ1) is 17.1. The van der Waals surface area contributed by atoms with Crippen molar-refractivity contribution in [3.05, 3.63) is 71.4 Å². The first-order valence-corrected chi connectivity index (χ1v) is 12.1. The van der Waals surface area contributed by atoms with E-state index in [2.05, 4.69) is 10.4 Å². The minimum Gasteiger partial charge on any atom is -0.435 e. The zero-order valence-electron chi connectivity index (χ0n) is 21.1. The summed E-state index contributed by atoms with van der Waals surface area (Å²) in [6.07, 6.45) is 1.74. The Labute approximate surface area is 210 Å². The van der Waals surface area contributed by atoms with Gasteiger partial charge in [-0.25, -0.2) is 18.3 Å². The third-order valence-corrected chi connectivity index (χ3v) is 5.80. The van der Waals surface area contributed by atoms with Gasteiger partial charge in [0.05, 0.1) is 29.6 Å². The van der Waals surface area contributed by atoms with Crippen molar-refractivity contribution in [2.45, 2.75) is 58.7 Å². The van der Waals surface area contributed by atoms with E-state index in [-0.39, 0.29) is 30.3 Å². The van der Waals surface area contributed by atoms with Crippen LogP contribution < -0.4 is 10.1 Å². The number of nitrogens with one attached hydrogen (secondary N) is 1. The predicted molar refractivity (Wildman–Crippen MR) is 132 cm³/mol. The first kappa shape index (κ1) is 25.6. The average Bonchev–Trinajstić information content (AvgIpc) is 3.43. The monoisotopic (exact) mass is 498 g/mol. The van der Waals surface area contributed by atoms with Crippen LogP contribution in [0, 0.1) is 18.6 Å². The summed E-state index contributed by atoms with van der Waals surface area (Å²) in [5.41, 5.74) is 1.50.